The standard InChI is InChI=1S/C21H17N5O6/c1-12-6-8-14(18(10-12)25(29)30)23-20(27)16-4-3-5-17(22-16)21(28)24-15-9-7-13(2)11-19(15)26(31)32/h3-11H,1-2H3,(H,23,27)(H,24,28). The van der Waals surface area contributed by atoms with Crippen molar-refractivity contribution in [2.24, 2.45) is 0 Å². The number of carbonyl (C=O) groups excluding carboxylic acids is 2. The first kappa shape index (κ1) is 22.0. The molecule has 2 N–H and O–H groups in total. The van der Waals surface area contributed by atoms with Gasteiger partial charge in [-0.3, -0.25) is 29.8 Å². The van der Waals surface area contributed by atoms with Gasteiger partial charge in [-0.25, -0.2) is 4.98 Å². The predicted molar refractivity (Wildman–Crippen MR) is 116 cm³/mol. The Morgan fingerprint density at radius 3 is 1.53 bits per heavy atom. The average Bonchev–Trinajstić information content (AvgIpc) is 2.75. The van der Waals surface area contributed by atoms with Gasteiger partial charge in [0.05, 0.1) is 9.85 Å². The van der Waals surface area contributed by atoms with E-state index in [1.165, 1.54) is 42.5 Å². The third kappa shape index (κ3) is 4.90. The maximum atomic E-state index is 12.6. The lowest BCUT2D eigenvalue weighted by atomic mass is 10.2. The lowest BCUT2D eigenvalue weighted by Gasteiger charge is -2.09. The normalized spacial score (nSPS) is 10.3. The van der Waals surface area contributed by atoms with Gasteiger partial charge in [-0.2, -0.15) is 0 Å². The van der Waals surface area contributed by atoms with E-state index in [2.05, 4.69) is 15.6 Å². The molecule has 11 nitrogen and oxygen atoms in total. The van der Waals surface area contributed by atoms with Crippen LogP contribution in [0.5, 0.6) is 0 Å². The Labute approximate surface area is 181 Å². The summed E-state index contributed by atoms with van der Waals surface area (Å²) < 4.78 is 0. The Balaban J connectivity index is 1.83. The Bertz CT molecular complexity index is 1160. The Morgan fingerprint density at radius 2 is 1.16 bits per heavy atom. The molecule has 0 bridgehead atoms. The van der Waals surface area contributed by atoms with Crippen LogP contribution in [0.3, 0.4) is 0 Å². The van der Waals surface area contributed by atoms with Crippen LogP contribution < -0.4 is 10.6 Å². The number of rotatable bonds is 6. The molecule has 0 unspecified atom stereocenters. The van der Waals surface area contributed by atoms with Crippen LogP contribution in [-0.2, 0) is 0 Å². The molecule has 0 aliphatic carbocycles. The van der Waals surface area contributed by atoms with Crippen molar-refractivity contribution in [1.82, 2.24) is 4.98 Å². The van der Waals surface area contributed by atoms with Crippen molar-refractivity contribution >= 4 is 34.6 Å². The fraction of sp³-hybridized carbons (Fsp3) is 0.0952. The molecule has 3 rings (SSSR count). The minimum Gasteiger partial charge on any atom is -0.315 e. The molecule has 1 heterocycles. The highest BCUT2D eigenvalue weighted by Gasteiger charge is 2.20. The molecule has 0 aliphatic heterocycles. The van der Waals surface area contributed by atoms with E-state index >= 15 is 0 Å². The third-order valence-electron chi connectivity index (χ3n) is 4.41. The SMILES string of the molecule is Cc1ccc(NC(=O)c2cccc(C(=O)Nc3ccc(C)cc3[N+](=O)[O-])n2)c([N+](=O)[O-])c1. The number of hydrogen-bond donors (Lipinski definition) is 2. The molecular weight excluding hydrogens is 418 g/mol. The number of nitrogens with zero attached hydrogens (tertiary/aromatic N) is 3. The highest BCUT2D eigenvalue weighted by molar-refractivity contribution is 6.07. The van der Waals surface area contributed by atoms with Crippen LogP contribution in [0.4, 0.5) is 22.7 Å². The molecule has 0 atom stereocenters. The molecule has 11 heteroatoms. The van der Waals surface area contributed by atoms with Crippen molar-refractivity contribution in [3.63, 3.8) is 0 Å². The molecule has 0 saturated carbocycles. The number of aryl methyl sites for hydroxylation is 2. The second kappa shape index (κ2) is 9.00. The zero-order chi connectivity index (χ0) is 23.4. The van der Waals surface area contributed by atoms with E-state index in [0.29, 0.717) is 11.1 Å². The number of nitrogens with one attached hydrogen (secondary N) is 2. The third-order valence-corrected chi connectivity index (χ3v) is 4.41. The lowest BCUT2D eigenvalue weighted by molar-refractivity contribution is -0.384. The van der Waals surface area contributed by atoms with Crippen LogP contribution >= 0.6 is 0 Å². The fourth-order valence-electron chi connectivity index (χ4n) is 2.86. The summed E-state index contributed by atoms with van der Waals surface area (Å²) in [6, 6.07) is 12.7. The molecule has 1 aromatic heterocycles. The summed E-state index contributed by atoms with van der Waals surface area (Å²) in [6.07, 6.45) is 0. The summed E-state index contributed by atoms with van der Waals surface area (Å²) in [6.45, 7) is 3.36. The molecule has 0 aliphatic rings. The molecule has 0 fully saturated rings. The minimum absolute atomic E-state index is 0.0162. The molecule has 0 spiro atoms. The van der Waals surface area contributed by atoms with Gasteiger partial charge in [0, 0.05) is 12.1 Å². The van der Waals surface area contributed by atoms with E-state index in [-0.39, 0.29) is 34.1 Å². The van der Waals surface area contributed by atoms with Crippen molar-refractivity contribution in [3.05, 3.63) is 97.3 Å². The summed E-state index contributed by atoms with van der Waals surface area (Å²) in [7, 11) is 0. The van der Waals surface area contributed by atoms with E-state index in [1.54, 1.807) is 26.0 Å². The number of aromatic nitrogens is 1. The monoisotopic (exact) mass is 435 g/mol. The van der Waals surface area contributed by atoms with Crippen LogP contribution in [0, 0.1) is 34.1 Å². The fourth-order valence-corrected chi connectivity index (χ4v) is 2.86. The smallest absolute Gasteiger partial charge is 0.293 e. The first-order chi connectivity index (χ1) is 15.2. The van der Waals surface area contributed by atoms with E-state index in [0.717, 1.165) is 0 Å². The van der Waals surface area contributed by atoms with Gasteiger partial charge in [0.1, 0.15) is 22.8 Å². The van der Waals surface area contributed by atoms with E-state index in [4.69, 9.17) is 0 Å². The molecule has 3 aromatic rings. The van der Waals surface area contributed by atoms with Gasteiger partial charge in [0.15, 0.2) is 0 Å². The number of carbonyl (C=O) groups is 2. The van der Waals surface area contributed by atoms with Crippen molar-refractivity contribution in [2.45, 2.75) is 13.8 Å². The maximum Gasteiger partial charge on any atom is 0.293 e. The average molecular weight is 435 g/mol. The zero-order valence-electron chi connectivity index (χ0n) is 17.0. The van der Waals surface area contributed by atoms with Crippen molar-refractivity contribution in [1.29, 1.82) is 0 Å². The van der Waals surface area contributed by atoms with Gasteiger partial charge in [-0.05, 0) is 49.2 Å². The molecule has 2 aromatic carbocycles. The number of amides is 2. The maximum absolute atomic E-state index is 12.6. The Morgan fingerprint density at radius 1 is 0.750 bits per heavy atom. The zero-order valence-corrected chi connectivity index (χ0v) is 17.0. The topological polar surface area (TPSA) is 157 Å². The number of pyridine rings is 1. The first-order valence-electron chi connectivity index (χ1n) is 9.25. The highest BCUT2D eigenvalue weighted by atomic mass is 16.6. The molecule has 0 radical (unpaired) electrons. The Kier molecular flexibility index (Phi) is 6.19. The number of hydrogen-bond acceptors (Lipinski definition) is 7. The summed E-state index contributed by atoms with van der Waals surface area (Å²) in [5.41, 5.74) is 0.387. The van der Waals surface area contributed by atoms with Crippen LogP contribution in [0.25, 0.3) is 0 Å². The number of nitro benzene ring substituents is 2. The van der Waals surface area contributed by atoms with Crippen LogP contribution in [0.15, 0.2) is 54.6 Å². The van der Waals surface area contributed by atoms with Gasteiger partial charge in [0.25, 0.3) is 23.2 Å². The number of anilines is 2. The Hall–Kier alpha value is -4.67. The molecular formula is C21H17N5O6. The van der Waals surface area contributed by atoms with E-state index in [1.807, 2.05) is 0 Å². The minimum atomic E-state index is -0.757. The van der Waals surface area contributed by atoms with Crippen molar-refractivity contribution < 1.29 is 19.4 Å². The summed E-state index contributed by atoms with van der Waals surface area (Å²) in [5.74, 6) is -1.51. The lowest BCUT2D eigenvalue weighted by Crippen LogP contribution is -2.19. The van der Waals surface area contributed by atoms with Gasteiger partial charge in [-0.15, -0.1) is 0 Å². The second-order valence-corrected chi connectivity index (χ2v) is 6.87. The molecule has 162 valence electrons. The summed E-state index contributed by atoms with van der Waals surface area (Å²) >= 11 is 0. The van der Waals surface area contributed by atoms with Crippen LogP contribution in [0.1, 0.15) is 32.1 Å². The van der Waals surface area contributed by atoms with Gasteiger partial charge in [-0.1, -0.05) is 18.2 Å². The largest absolute Gasteiger partial charge is 0.315 e. The number of benzene rings is 2. The predicted octanol–water partition coefficient (Wildman–Crippen LogP) is 4.02. The highest BCUT2D eigenvalue weighted by Crippen LogP contribution is 2.27. The van der Waals surface area contributed by atoms with Crippen LogP contribution in [-0.4, -0.2) is 26.6 Å². The first-order valence-corrected chi connectivity index (χ1v) is 9.25. The van der Waals surface area contributed by atoms with Crippen molar-refractivity contribution in [2.75, 3.05) is 10.6 Å². The molecule has 32 heavy (non-hydrogen) atoms. The van der Waals surface area contributed by atoms with E-state index < -0.39 is 21.7 Å². The summed E-state index contributed by atoms with van der Waals surface area (Å²) in [5, 5.41) is 27.3. The summed E-state index contributed by atoms with van der Waals surface area (Å²) in [4.78, 5) is 50.4. The van der Waals surface area contributed by atoms with Gasteiger partial charge in [0.2, 0.25) is 0 Å². The van der Waals surface area contributed by atoms with Gasteiger partial charge < -0.3 is 10.6 Å². The van der Waals surface area contributed by atoms with Gasteiger partial charge >= 0.3 is 0 Å². The van der Waals surface area contributed by atoms with Crippen molar-refractivity contribution in [3.8, 4) is 0 Å². The quantitative estimate of drug-likeness (QED) is 0.437. The molecule has 0 saturated heterocycles. The second-order valence-electron chi connectivity index (χ2n) is 6.87. The van der Waals surface area contributed by atoms with Crippen LogP contribution in [0.2, 0.25) is 0 Å². The van der Waals surface area contributed by atoms with E-state index in [9.17, 15) is 29.8 Å². The molecule has 2 amide bonds. The number of nitro groups is 2.